The highest BCUT2D eigenvalue weighted by Crippen LogP contribution is 2.48. The van der Waals surface area contributed by atoms with E-state index in [2.05, 4.69) is 16.3 Å². The fraction of sp³-hybridized carbons (Fsp3) is 0.733. The first kappa shape index (κ1) is 11.4. The van der Waals surface area contributed by atoms with Crippen LogP contribution >= 0.6 is 11.3 Å². The van der Waals surface area contributed by atoms with Crippen molar-refractivity contribution in [2.24, 2.45) is 23.5 Å². The van der Waals surface area contributed by atoms with Gasteiger partial charge in [0.05, 0.1) is 0 Å². The first-order valence-corrected chi connectivity index (χ1v) is 8.22. The third kappa shape index (κ3) is 1.75. The number of hydrogen-bond donors (Lipinski definition) is 1. The minimum atomic E-state index is 0.493. The Labute approximate surface area is 113 Å². The lowest BCUT2D eigenvalue weighted by Gasteiger charge is -2.35. The van der Waals surface area contributed by atoms with Crippen molar-refractivity contribution in [1.82, 2.24) is 4.90 Å². The molecule has 3 heteroatoms. The van der Waals surface area contributed by atoms with Crippen LogP contribution in [0.15, 0.2) is 11.4 Å². The maximum Gasteiger partial charge on any atom is 0.0245 e. The summed E-state index contributed by atoms with van der Waals surface area (Å²) in [5.74, 6) is 2.57. The van der Waals surface area contributed by atoms with Gasteiger partial charge in [0.25, 0.3) is 0 Å². The summed E-state index contributed by atoms with van der Waals surface area (Å²) in [7, 11) is 0. The van der Waals surface area contributed by atoms with Gasteiger partial charge in [-0.3, -0.25) is 4.90 Å². The molecule has 2 heterocycles. The molecule has 0 saturated heterocycles. The molecule has 2 aliphatic carbocycles. The molecule has 98 valence electrons. The summed E-state index contributed by atoms with van der Waals surface area (Å²) in [5, 5.41) is 2.25. The van der Waals surface area contributed by atoms with E-state index >= 15 is 0 Å². The van der Waals surface area contributed by atoms with E-state index in [9.17, 15) is 0 Å². The number of rotatable bonds is 2. The first-order valence-electron chi connectivity index (χ1n) is 7.34. The van der Waals surface area contributed by atoms with Gasteiger partial charge in [0.2, 0.25) is 0 Å². The molecule has 2 nitrogen and oxygen atoms in total. The third-order valence-electron chi connectivity index (χ3n) is 5.51. The van der Waals surface area contributed by atoms with Gasteiger partial charge >= 0.3 is 0 Å². The van der Waals surface area contributed by atoms with Crippen LogP contribution in [0.5, 0.6) is 0 Å². The van der Waals surface area contributed by atoms with Crippen LogP contribution in [0.4, 0.5) is 0 Å². The van der Waals surface area contributed by atoms with Crippen molar-refractivity contribution in [3.63, 3.8) is 0 Å². The maximum atomic E-state index is 6.43. The Balaban J connectivity index is 1.44. The highest BCUT2D eigenvalue weighted by atomic mass is 32.1. The molecule has 2 fully saturated rings. The molecule has 4 rings (SSSR count). The molecule has 0 aromatic carbocycles. The second-order valence-corrected chi connectivity index (χ2v) is 7.43. The molecule has 0 amide bonds. The van der Waals surface area contributed by atoms with Crippen LogP contribution in [0.3, 0.4) is 0 Å². The molecule has 0 spiro atoms. The van der Waals surface area contributed by atoms with Gasteiger partial charge < -0.3 is 5.73 Å². The van der Waals surface area contributed by atoms with E-state index in [4.69, 9.17) is 5.73 Å². The Hall–Kier alpha value is -0.380. The normalized spacial score (nSPS) is 39.2. The smallest absolute Gasteiger partial charge is 0.0245 e. The van der Waals surface area contributed by atoms with Gasteiger partial charge in [-0.1, -0.05) is 0 Å². The van der Waals surface area contributed by atoms with Crippen LogP contribution in [0.1, 0.15) is 29.7 Å². The molecule has 0 radical (unpaired) electrons. The largest absolute Gasteiger partial charge is 0.327 e. The van der Waals surface area contributed by atoms with E-state index in [1.807, 2.05) is 11.3 Å². The van der Waals surface area contributed by atoms with Crippen LogP contribution in [0.2, 0.25) is 0 Å². The van der Waals surface area contributed by atoms with Crippen molar-refractivity contribution in [2.75, 3.05) is 13.1 Å². The third-order valence-corrected chi connectivity index (χ3v) is 6.54. The zero-order valence-corrected chi connectivity index (χ0v) is 11.7. The van der Waals surface area contributed by atoms with E-state index in [1.165, 1.54) is 45.3 Å². The minimum absolute atomic E-state index is 0.493. The fourth-order valence-corrected chi connectivity index (χ4v) is 5.38. The van der Waals surface area contributed by atoms with Gasteiger partial charge in [-0.2, -0.15) is 0 Å². The number of thiophene rings is 1. The SMILES string of the molecule is NC1C2CCC(C2)C1CN1CCc2sccc2C1. The number of fused-ring (bicyclic) bond motifs is 3. The van der Waals surface area contributed by atoms with E-state index in [0.717, 1.165) is 17.8 Å². The Bertz CT molecular complexity index is 439. The summed E-state index contributed by atoms with van der Waals surface area (Å²) in [6.07, 6.45) is 5.52. The van der Waals surface area contributed by atoms with Gasteiger partial charge in [0, 0.05) is 30.6 Å². The maximum absolute atomic E-state index is 6.43. The van der Waals surface area contributed by atoms with Crippen LogP contribution in [-0.4, -0.2) is 24.0 Å². The average Bonchev–Trinajstić information content (AvgIpc) is 3.07. The Morgan fingerprint density at radius 2 is 2.22 bits per heavy atom. The molecule has 2 saturated carbocycles. The van der Waals surface area contributed by atoms with Crippen molar-refractivity contribution in [3.8, 4) is 0 Å². The van der Waals surface area contributed by atoms with Gasteiger partial charge in [0.1, 0.15) is 0 Å². The highest BCUT2D eigenvalue weighted by molar-refractivity contribution is 7.10. The summed E-state index contributed by atoms with van der Waals surface area (Å²) in [6, 6.07) is 2.81. The molecule has 4 unspecified atom stereocenters. The number of nitrogens with zero attached hydrogens (tertiary/aromatic N) is 1. The lowest BCUT2D eigenvalue weighted by molar-refractivity contribution is 0.163. The molecule has 1 aliphatic heterocycles. The molecule has 2 N–H and O–H groups in total. The van der Waals surface area contributed by atoms with Crippen molar-refractivity contribution < 1.29 is 0 Å². The zero-order chi connectivity index (χ0) is 12.1. The standard InChI is InChI=1S/C15H22N2S/c16-15-11-2-1-10(7-11)13(15)9-17-5-3-14-12(8-17)4-6-18-14/h4,6,10-11,13,15H,1-3,5,7-9,16H2. The summed E-state index contributed by atoms with van der Waals surface area (Å²) < 4.78 is 0. The number of nitrogens with two attached hydrogens (primary N) is 1. The molecule has 4 atom stereocenters. The van der Waals surface area contributed by atoms with Crippen LogP contribution in [0.25, 0.3) is 0 Å². The van der Waals surface area contributed by atoms with E-state index < -0.39 is 0 Å². The Kier molecular flexibility index (Phi) is 2.75. The van der Waals surface area contributed by atoms with Crippen LogP contribution in [-0.2, 0) is 13.0 Å². The van der Waals surface area contributed by atoms with Gasteiger partial charge in [0.15, 0.2) is 0 Å². The molecule has 3 aliphatic rings. The Morgan fingerprint density at radius 3 is 3.06 bits per heavy atom. The monoisotopic (exact) mass is 262 g/mol. The molecular formula is C15H22N2S. The second kappa shape index (κ2) is 4.32. The van der Waals surface area contributed by atoms with Crippen molar-refractivity contribution >= 4 is 11.3 Å². The predicted molar refractivity (Wildman–Crippen MR) is 75.6 cm³/mol. The van der Waals surface area contributed by atoms with E-state index in [1.54, 1.807) is 10.4 Å². The van der Waals surface area contributed by atoms with Crippen molar-refractivity contribution in [2.45, 2.75) is 38.3 Å². The summed E-state index contributed by atoms with van der Waals surface area (Å²) in [4.78, 5) is 4.27. The van der Waals surface area contributed by atoms with E-state index in [0.29, 0.717) is 6.04 Å². The van der Waals surface area contributed by atoms with Gasteiger partial charge in [-0.25, -0.2) is 0 Å². The first-order chi connectivity index (χ1) is 8.81. The summed E-state index contributed by atoms with van der Waals surface area (Å²) >= 11 is 1.93. The highest BCUT2D eigenvalue weighted by Gasteiger charge is 2.46. The predicted octanol–water partition coefficient (Wildman–Crippen LogP) is 2.48. The fourth-order valence-electron chi connectivity index (χ4n) is 4.49. The molecule has 18 heavy (non-hydrogen) atoms. The van der Waals surface area contributed by atoms with E-state index in [-0.39, 0.29) is 0 Å². The van der Waals surface area contributed by atoms with Crippen molar-refractivity contribution in [1.29, 1.82) is 0 Å². The molecule has 1 aromatic rings. The number of hydrogen-bond acceptors (Lipinski definition) is 3. The summed E-state index contributed by atoms with van der Waals surface area (Å²) in [6.45, 7) is 3.66. The summed E-state index contributed by atoms with van der Waals surface area (Å²) in [5.41, 5.74) is 8.00. The molecular weight excluding hydrogens is 240 g/mol. The van der Waals surface area contributed by atoms with Crippen LogP contribution in [0, 0.1) is 17.8 Å². The van der Waals surface area contributed by atoms with Crippen LogP contribution < -0.4 is 5.73 Å². The second-order valence-electron chi connectivity index (χ2n) is 6.43. The molecule has 1 aromatic heterocycles. The quantitative estimate of drug-likeness (QED) is 0.887. The molecule has 2 bridgehead atoms. The van der Waals surface area contributed by atoms with Gasteiger partial charge in [-0.15, -0.1) is 11.3 Å². The topological polar surface area (TPSA) is 29.3 Å². The Morgan fingerprint density at radius 1 is 1.33 bits per heavy atom. The van der Waals surface area contributed by atoms with Crippen molar-refractivity contribution in [3.05, 3.63) is 21.9 Å². The lowest BCUT2D eigenvalue weighted by atomic mass is 9.84. The lowest BCUT2D eigenvalue weighted by Crippen LogP contribution is -2.44. The average molecular weight is 262 g/mol. The zero-order valence-electron chi connectivity index (χ0n) is 10.8. The van der Waals surface area contributed by atoms with Gasteiger partial charge in [-0.05, 0) is 60.4 Å². The minimum Gasteiger partial charge on any atom is -0.327 e.